The van der Waals surface area contributed by atoms with Crippen molar-refractivity contribution in [2.75, 3.05) is 25.7 Å². The number of nitrogens with one attached hydrogen (secondary N) is 1. The fourth-order valence-corrected chi connectivity index (χ4v) is 4.13. The molecule has 1 aromatic carbocycles. The van der Waals surface area contributed by atoms with E-state index in [1.54, 1.807) is 14.2 Å². The Morgan fingerprint density at radius 3 is 2.75 bits per heavy atom. The van der Waals surface area contributed by atoms with E-state index in [1.807, 2.05) is 18.2 Å². The lowest BCUT2D eigenvalue weighted by Crippen LogP contribution is -2.39. The molecule has 1 heterocycles. The van der Waals surface area contributed by atoms with Gasteiger partial charge in [-0.15, -0.1) is 0 Å². The van der Waals surface area contributed by atoms with Gasteiger partial charge in [0, 0.05) is 18.2 Å². The van der Waals surface area contributed by atoms with Crippen molar-refractivity contribution in [3.8, 4) is 11.5 Å². The Bertz CT molecular complexity index is 556. The Balaban J connectivity index is 2.03. The molecule has 0 aliphatic carbocycles. The first-order valence-corrected chi connectivity index (χ1v) is 8.51. The van der Waals surface area contributed by atoms with Crippen LogP contribution in [0.1, 0.15) is 18.4 Å². The second-order valence-electron chi connectivity index (χ2n) is 5.01. The summed E-state index contributed by atoms with van der Waals surface area (Å²) in [6.45, 7) is 0.570. The van der Waals surface area contributed by atoms with Crippen LogP contribution in [0.25, 0.3) is 0 Å². The summed E-state index contributed by atoms with van der Waals surface area (Å²) >= 11 is 0. The first-order valence-electron chi connectivity index (χ1n) is 6.69. The highest BCUT2D eigenvalue weighted by atomic mass is 32.2. The van der Waals surface area contributed by atoms with E-state index >= 15 is 0 Å². The van der Waals surface area contributed by atoms with Crippen molar-refractivity contribution >= 4 is 9.84 Å². The normalized spacial score (nSPS) is 21.4. The fraction of sp³-hybridized carbons (Fsp3) is 0.571. The minimum Gasteiger partial charge on any atom is -0.497 e. The Labute approximate surface area is 120 Å². The lowest BCUT2D eigenvalue weighted by atomic mass is 10.1. The number of sulfone groups is 1. The quantitative estimate of drug-likeness (QED) is 0.889. The van der Waals surface area contributed by atoms with Crippen molar-refractivity contribution < 1.29 is 17.9 Å². The third kappa shape index (κ3) is 3.86. The van der Waals surface area contributed by atoms with Gasteiger partial charge in [0.2, 0.25) is 0 Å². The predicted octanol–water partition coefficient (Wildman–Crippen LogP) is 1.37. The topological polar surface area (TPSA) is 64.6 Å². The molecule has 1 aliphatic heterocycles. The van der Waals surface area contributed by atoms with Crippen LogP contribution in [-0.2, 0) is 16.4 Å². The Hall–Kier alpha value is -1.27. The molecule has 2 rings (SSSR count). The first-order chi connectivity index (χ1) is 9.54. The Kier molecular flexibility index (Phi) is 4.88. The van der Waals surface area contributed by atoms with Gasteiger partial charge in [0.25, 0.3) is 0 Å². The van der Waals surface area contributed by atoms with Crippen LogP contribution < -0.4 is 14.8 Å². The van der Waals surface area contributed by atoms with Crippen LogP contribution in [0.3, 0.4) is 0 Å². The van der Waals surface area contributed by atoms with Crippen molar-refractivity contribution in [1.82, 2.24) is 5.32 Å². The van der Waals surface area contributed by atoms with Crippen LogP contribution in [0, 0.1) is 0 Å². The molecule has 0 radical (unpaired) electrons. The van der Waals surface area contributed by atoms with Gasteiger partial charge in [-0.2, -0.15) is 0 Å². The number of benzene rings is 1. The minimum atomic E-state index is -2.88. The minimum absolute atomic E-state index is 0.0182. The highest BCUT2D eigenvalue weighted by Gasteiger charge is 2.24. The molecule has 1 aliphatic rings. The molecule has 1 atom stereocenters. The zero-order chi connectivity index (χ0) is 14.6. The molecule has 1 fully saturated rings. The monoisotopic (exact) mass is 299 g/mol. The number of hydrogen-bond donors (Lipinski definition) is 1. The average molecular weight is 299 g/mol. The van der Waals surface area contributed by atoms with E-state index in [0.717, 1.165) is 29.9 Å². The van der Waals surface area contributed by atoms with Gasteiger partial charge in [-0.1, -0.05) is 0 Å². The molecule has 5 nitrogen and oxygen atoms in total. The fourth-order valence-electron chi connectivity index (χ4n) is 2.46. The molecular weight excluding hydrogens is 278 g/mol. The van der Waals surface area contributed by atoms with Gasteiger partial charge in [-0.3, -0.25) is 0 Å². The Morgan fingerprint density at radius 2 is 2.10 bits per heavy atom. The average Bonchev–Trinajstić information content (AvgIpc) is 2.43. The molecule has 1 aromatic rings. The number of methoxy groups -OCH3 is 2. The van der Waals surface area contributed by atoms with Crippen LogP contribution >= 0.6 is 0 Å². The summed E-state index contributed by atoms with van der Waals surface area (Å²) in [5.41, 5.74) is 0.967. The van der Waals surface area contributed by atoms with Gasteiger partial charge in [0.15, 0.2) is 9.84 Å². The third-order valence-electron chi connectivity index (χ3n) is 3.53. The van der Waals surface area contributed by atoms with Gasteiger partial charge in [0.05, 0.1) is 25.7 Å². The van der Waals surface area contributed by atoms with Gasteiger partial charge in [-0.25, -0.2) is 8.42 Å². The van der Waals surface area contributed by atoms with Crippen molar-refractivity contribution in [3.05, 3.63) is 23.8 Å². The number of rotatable bonds is 5. The molecule has 1 N–H and O–H groups in total. The molecule has 0 saturated carbocycles. The van der Waals surface area contributed by atoms with Gasteiger partial charge in [0.1, 0.15) is 11.5 Å². The number of ether oxygens (including phenoxy) is 2. The maximum atomic E-state index is 11.6. The lowest BCUT2D eigenvalue weighted by molar-refractivity contribution is 0.394. The van der Waals surface area contributed by atoms with Crippen molar-refractivity contribution in [3.63, 3.8) is 0 Å². The maximum Gasteiger partial charge on any atom is 0.151 e. The maximum absolute atomic E-state index is 11.6. The predicted molar refractivity (Wildman–Crippen MR) is 78.1 cm³/mol. The Morgan fingerprint density at radius 1 is 1.30 bits per heavy atom. The molecule has 0 spiro atoms. The zero-order valence-electron chi connectivity index (χ0n) is 11.9. The van der Waals surface area contributed by atoms with Crippen LogP contribution in [0.4, 0.5) is 0 Å². The molecule has 20 heavy (non-hydrogen) atoms. The summed E-state index contributed by atoms with van der Waals surface area (Å²) in [6, 6.07) is 5.62. The highest BCUT2D eigenvalue weighted by molar-refractivity contribution is 7.91. The zero-order valence-corrected chi connectivity index (χ0v) is 12.7. The molecule has 6 heteroatoms. The molecule has 0 amide bonds. The van der Waals surface area contributed by atoms with E-state index in [4.69, 9.17) is 9.47 Å². The van der Waals surface area contributed by atoms with Crippen LogP contribution in [0.2, 0.25) is 0 Å². The summed E-state index contributed by atoms with van der Waals surface area (Å²) in [7, 11) is 0.356. The molecule has 0 bridgehead atoms. The summed E-state index contributed by atoms with van der Waals surface area (Å²) in [6.07, 6.45) is 1.63. The second kappa shape index (κ2) is 6.45. The molecule has 1 saturated heterocycles. The van der Waals surface area contributed by atoms with E-state index in [1.165, 1.54) is 0 Å². The molecule has 112 valence electrons. The van der Waals surface area contributed by atoms with E-state index in [2.05, 4.69) is 5.32 Å². The summed E-state index contributed by atoms with van der Waals surface area (Å²) < 4.78 is 33.7. The summed E-state index contributed by atoms with van der Waals surface area (Å²) in [5, 5.41) is 3.30. The van der Waals surface area contributed by atoms with E-state index < -0.39 is 9.84 Å². The van der Waals surface area contributed by atoms with Crippen molar-refractivity contribution in [1.29, 1.82) is 0 Å². The third-order valence-corrected chi connectivity index (χ3v) is 5.35. The molecular formula is C14H21NO4S. The van der Waals surface area contributed by atoms with Crippen molar-refractivity contribution in [2.45, 2.75) is 25.4 Å². The largest absolute Gasteiger partial charge is 0.497 e. The second-order valence-corrected chi connectivity index (χ2v) is 7.24. The SMILES string of the molecule is COc1ccc(OC)c(CNC2CCCS(=O)(=O)C2)c1. The number of hydrogen-bond acceptors (Lipinski definition) is 5. The van der Waals surface area contributed by atoms with Crippen LogP contribution in [0.15, 0.2) is 18.2 Å². The van der Waals surface area contributed by atoms with Gasteiger partial charge < -0.3 is 14.8 Å². The van der Waals surface area contributed by atoms with E-state index in [-0.39, 0.29) is 11.8 Å². The highest BCUT2D eigenvalue weighted by Crippen LogP contribution is 2.24. The standard InChI is InChI=1S/C14H21NO4S/c1-18-13-5-6-14(19-2)11(8-13)9-15-12-4-3-7-20(16,17)10-12/h5-6,8,12,15H,3-4,7,9-10H2,1-2H3. The van der Waals surface area contributed by atoms with Gasteiger partial charge >= 0.3 is 0 Å². The lowest BCUT2D eigenvalue weighted by Gasteiger charge is -2.23. The smallest absolute Gasteiger partial charge is 0.151 e. The molecule has 0 aromatic heterocycles. The van der Waals surface area contributed by atoms with Crippen LogP contribution in [0.5, 0.6) is 11.5 Å². The first kappa shape index (κ1) is 15.1. The summed E-state index contributed by atoms with van der Waals surface area (Å²) in [4.78, 5) is 0. The van der Waals surface area contributed by atoms with E-state index in [0.29, 0.717) is 12.3 Å². The van der Waals surface area contributed by atoms with Gasteiger partial charge in [-0.05, 0) is 31.0 Å². The summed E-state index contributed by atoms with van der Waals surface area (Å²) in [5.74, 6) is 2.07. The molecule has 1 unspecified atom stereocenters. The van der Waals surface area contributed by atoms with Crippen molar-refractivity contribution in [2.24, 2.45) is 0 Å². The van der Waals surface area contributed by atoms with Crippen LogP contribution in [-0.4, -0.2) is 40.2 Å². The van der Waals surface area contributed by atoms with E-state index in [9.17, 15) is 8.42 Å².